The molecule has 1 aromatic carbocycles. The van der Waals surface area contributed by atoms with E-state index in [0.717, 1.165) is 5.56 Å². The molecule has 136 valence electrons. The van der Waals surface area contributed by atoms with Gasteiger partial charge in [-0.3, -0.25) is 9.52 Å². The average Bonchev–Trinajstić information content (AvgIpc) is 2.50. The van der Waals surface area contributed by atoms with Crippen LogP contribution >= 0.6 is 12.4 Å². The fourth-order valence-corrected chi connectivity index (χ4v) is 3.05. The molecule has 24 heavy (non-hydrogen) atoms. The summed E-state index contributed by atoms with van der Waals surface area (Å²) in [5, 5.41) is 5.95. The highest BCUT2D eigenvalue weighted by atomic mass is 35.5. The molecule has 0 radical (unpaired) electrons. The van der Waals surface area contributed by atoms with E-state index >= 15 is 0 Å². The third-order valence-electron chi connectivity index (χ3n) is 3.74. The SMILES string of the molecule is CCS(=O)(=O)Nc1ccc(NC(=O)[C@H]2NCCO[C@@H]2C)cc1C.Cl. The number of carbonyl (C=O) groups excluding carboxylic acids is 1. The van der Waals surface area contributed by atoms with E-state index in [1.165, 1.54) is 0 Å². The predicted molar refractivity (Wildman–Crippen MR) is 97.3 cm³/mol. The molecule has 2 rings (SSSR count). The van der Waals surface area contributed by atoms with Crippen molar-refractivity contribution in [1.29, 1.82) is 0 Å². The van der Waals surface area contributed by atoms with Gasteiger partial charge in [-0.2, -0.15) is 0 Å². The molecule has 1 aliphatic heterocycles. The first-order valence-corrected chi connectivity index (χ1v) is 9.24. The molecule has 1 aromatic rings. The van der Waals surface area contributed by atoms with Crippen molar-refractivity contribution in [3.05, 3.63) is 23.8 Å². The van der Waals surface area contributed by atoms with Crippen molar-refractivity contribution < 1.29 is 17.9 Å². The van der Waals surface area contributed by atoms with Crippen LogP contribution in [0.5, 0.6) is 0 Å². The number of benzene rings is 1. The van der Waals surface area contributed by atoms with Gasteiger partial charge in [0.25, 0.3) is 0 Å². The van der Waals surface area contributed by atoms with Gasteiger partial charge in [-0.05, 0) is 44.5 Å². The van der Waals surface area contributed by atoms with E-state index in [2.05, 4.69) is 15.4 Å². The number of halogens is 1. The lowest BCUT2D eigenvalue weighted by molar-refractivity contribution is -0.123. The molecule has 9 heteroatoms. The summed E-state index contributed by atoms with van der Waals surface area (Å²) < 4.78 is 31.2. The zero-order chi connectivity index (χ0) is 17.0. The maximum absolute atomic E-state index is 12.3. The molecule has 0 unspecified atom stereocenters. The summed E-state index contributed by atoms with van der Waals surface area (Å²) in [5.74, 6) is -0.158. The molecule has 1 fully saturated rings. The van der Waals surface area contributed by atoms with E-state index < -0.39 is 16.1 Å². The number of rotatable bonds is 5. The summed E-state index contributed by atoms with van der Waals surface area (Å²) in [6.45, 7) is 6.44. The highest BCUT2D eigenvalue weighted by molar-refractivity contribution is 7.92. The first kappa shape index (κ1) is 20.7. The third kappa shape index (κ3) is 5.34. The fourth-order valence-electron chi connectivity index (χ4n) is 2.34. The van der Waals surface area contributed by atoms with Crippen LogP contribution in [0.4, 0.5) is 11.4 Å². The third-order valence-corrected chi connectivity index (χ3v) is 5.03. The molecule has 1 heterocycles. The number of hydrogen-bond donors (Lipinski definition) is 3. The maximum atomic E-state index is 12.3. The van der Waals surface area contributed by atoms with Crippen LogP contribution in [-0.2, 0) is 19.6 Å². The molecular weight excluding hydrogens is 354 g/mol. The molecule has 3 N–H and O–H groups in total. The van der Waals surface area contributed by atoms with Gasteiger partial charge in [0, 0.05) is 12.2 Å². The molecule has 0 bridgehead atoms. The van der Waals surface area contributed by atoms with Crippen LogP contribution in [0.15, 0.2) is 18.2 Å². The fraction of sp³-hybridized carbons (Fsp3) is 0.533. The Balaban J connectivity index is 0.00000288. The van der Waals surface area contributed by atoms with Crippen LogP contribution in [-0.4, -0.2) is 45.4 Å². The van der Waals surface area contributed by atoms with Crippen LogP contribution in [0.1, 0.15) is 19.4 Å². The topological polar surface area (TPSA) is 96.5 Å². The summed E-state index contributed by atoms with van der Waals surface area (Å²) in [4.78, 5) is 12.3. The number of hydrogen-bond acceptors (Lipinski definition) is 5. The Labute approximate surface area is 149 Å². The summed E-state index contributed by atoms with van der Waals surface area (Å²) in [7, 11) is -3.32. The van der Waals surface area contributed by atoms with E-state index in [4.69, 9.17) is 4.74 Å². The molecule has 7 nitrogen and oxygen atoms in total. The Bertz CT molecular complexity index is 681. The smallest absolute Gasteiger partial charge is 0.244 e. The van der Waals surface area contributed by atoms with Crippen molar-refractivity contribution in [2.45, 2.75) is 32.9 Å². The van der Waals surface area contributed by atoms with Gasteiger partial charge in [0.05, 0.1) is 24.2 Å². The van der Waals surface area contributed by atoms with Crippen LogP contribution < -0.4 is 15.4 Å². The Morgan fingerprint density at radius 2 is 2.12 bits per heavy atom. The Hall–Kier alpha value is -1.35. The zero-order valence-electron chi connectivity index (χ0n) is 14.0. The number of aryl methyl sites for hydroxylation is 1. The molecule has 2 atom stereocenters. The van der Waals surface area contributed by atoms with Crippen LogP contribution in [0.25, 0.3) is 0 Å². The van der Waals surface area contributed by atoms with Gasteiger partial charge in [0.2, 0.25) is 15.9 Å². The van der Waals surface area contributed by atoms with Gasteiger partial charge in [0.1, 0.15) is 6.04 Å². The lowest BCUT2D eigenvalue weighted by atomic mass is 10.1. The Kier molecular flexibility index (Phi) is 7.47. The second-order valence-electron chi connectivity index (χ2n) is 5.53. The summed E-state index contributed by atoms with van der Waals surface area (Å²) in [6.07, 6.45) is -0.194. The number of amides is 1. The molecule has 1 amide bonds. The Morgan fingerprint density at radius 1 is 1.42 bits per heavy atom. The van der Waals surface area contributed by atoms with Crippen molar-refractivity contribution in [2.75, 3.05) is 28.9 Å². The number of ether oxygens (including phenoxy) is 1. The molecule has 1 saturated heterocycles. The Morgan fingerprint density at radius 3 is 2.71 bits per heavy atom. The minimum atomic E-state index is -3.32. The van der Waals surface area contributed by atoms with Crippen LogP contribution in [0, 0.1) is 6.92 Å². The molecule has 0 saturated carbocycles. The molecule has 0 aliphatic carbocycles. The highest BCUT2D eigenvalue weighted by Crippen LogP contribution is 2.21. The number of sulfonamides is 1. The van der Waals surface area contributed by atoms with E-state index in [1.54, 1.807) is 32.0 Å². The minimum absolute atomic E-state index is 0. The minimum Gasteiger partial charge on any atom is -0.375 e. The lowest BCUT2D eigenvalue weighted by Gasteiger charge is -2.29. The number of carbonyl (C=O) groups is 1. The normalized spacial score (nSPS) is 20.8. The second kappa shape index (κ2) is 8.66. The highest BCUT2D eigenvalue weighted by Gasteiger charge is 2.28. The van der Waals surface area contributed by atoms with Crippen molar-refractivity contribution in [3.63, 3.8) is 0 Å². The molecular formula is C15H24ClN3O4S. The first-order valence-electron chi connectivity index (χ1n) is 7.59. The maximum Gasteiger partial charge on any atom is 0.244 e. The lowest BCUT2D eigenvalue weighted by Crippen LogP contribution is -2.53. The standard InChI is InChI=1S/C15H23N3O4S.ClH/c1-4-23(20,21)18-13-6-5-12(9-10(13)2)17-15(19)14-11(3)22-8-7-16-14;/h5-6,9,11,14,16,18H,4,7-8H2,1-3H3,(H,17,19);1H/t11-,14+;/m1./s1. The summed E-state index contributed by atoms with van der Waals surface area (Å²) in [5.41, 5.74) is 1.87. The van der Waals surface area contributed by atoms with Crippen molar-refractivity contribution >= 4 is 39.7 Å². The van der Waals surface area contributed by atoms with E-state index in [1.807, 2.05) is 6.92 Å². The van der Waals surface area contributed by atoms with Gasteiger partial charge in [-0.15, -0.1) is 12.4 Å². The molecule has 0 aromatic heterocycles. The molecule has 0 spiro atoms. The van der Waals surface area contributed by atoms with Crippen LogP contribution in [0.3, 0.4) is 0 Å². The number of anilines is 2. The van der Waals surface area contributed by atoms with Gasteiger partial charge in [-0.25, -0.2) is 8.42 Å². The van der Waals surface area contributed by atoms with Gasteiger partial charge in [0.15, 0.2) is 0 Å². The van der Waals surface area contributed by atoms with E-state index in [0.29, 0.717) is 24.5 Å². The van der Waals surface area contributed by atoms with Gasteiger partial charge >= 0.3 is 0 Å². The summed E-state index contributed by atoms with van der Waals surface area (Å²) in [6, 6.07) is 4.65. The number of nitrogens with one attached hydrogen (secondary N) is 3. The average molecular weight is 378 g/mol. The largest absolute Gasteiger partial charge is 0.375 e. The second-order valence-corrected chi connectivity index (χ2v) is 7.54. The quantitative estimate of drug-likeness (QED) is 0.722. The van der Waals surface area contributed by atoms with Gasteiger partial charge < -0.3 is 15.4 Å². The predicted octanol–water partition coefficient (Wildman–Crippen LogP) is 1.49. The van der Waals surface area contributed by atoms with Gasteiger partial charge in [-0.1, -0.05) is 0 Å². The van der Waals surface area contributed by atoms with Crippen molar-refractivity contribution in [1.82, 2.24) is 5.32 Å². The summed E-state index contributed by atoms with van der Waals surface area (Å²) >= 11 is 0. The molecule has 1 aliphatic rings. The van der Waals surface area contributed by atoms with Crippen molar-refractivity contribution in [2.24, 2.45) is 0 Å². The van der Waals surface area contributed by atoms with E-state index in [-0.39, 0.29) is 30.2 Å². The number of morpholine rings is 1. The van der Waals surface area contributed by atoms with Crippen LogP contribution in [0.2, 0.25) is 0 Å². The zero-order valence-corrected chi connectivity index (χ0v) is 15.6. The van der Waals surface area contributed by atoms with Crippen molar-refractivity contribution in [3.8, 4) is 0 Å². The monoisotopic (exact) mass is 377 g/mol. The van der Waals surface area contributed by atoms with E-state index in [9.17, 15) is 13.2 Å². The first-order chi connectivity index (χ1) is 10.8.